The van der Waals surface area contributed by atoms with Crippen LogP contribution in [0.5, 0.6) is 23.0 Å². The highest BCUT2D eigenvalue weighted by Crippen LogP contribution is 2.51. The summed E-state index contributed by atoms with van der Waals surface area (Å²) in [7, 11) is 0. The van der Waals surface area contributed by atoms with Crippen LogP contribution >= 0.6 is 69.3 Å². The number of carboxylic acids is 1. The number of amides is 1. The van der Waals surface area contributed by atoms with Crippen molar-refractivity contribution in [2.45, 2.75) is 117 Å². The van der Waals surface area contributed by atoms with Crippen LogP contribution < -0.4 is 38.6 Å². The number of ether oxygens (including phenoxy) is 4. The van der Waals surface area contributed by atoms with Crippen molar-refractivity contribution in [2.75, 3.05) is 37.9 Å². The van der Waals surface area contributed by atoms with E-state index < -0.39 is 18.1 Å². The second-order valence-electron chi connectivity index (χ2n) is 22.4. The molecule has 9 aromatic rings. The number of anilines is 3. The first kappa shape index (κ1) is 64.3. The fraction of sp³-hybridized carbons (Fsp3) is 0.315. The van der Waals surface area contributed by atoms with Crippen molar-refractivity contribution < 1.29 is 33.6 Å². The van der Waals surface area contributed by atoms with Gasteiger partial charge in [-0.1, -0.05) is 152 Å². The molecule has 0 atom stereocenters. The zero-order chi connectivity index (χ0) is 62.3. The number of carbonyl (C=O) groups is 2. The molecule has 2 aliphatic rings. The predicted molar refractivity (Wildman–Crippen MR) is 380 cm³/mol. The molecule has 5 aromatic carbocycles. The number of aliphatic carboxylic acids is 1. The molecule has 11 nitrogen and oxygen atoms in total. The number of nitrogens with zero attached hydrogens (tertiary/aromatic N) is 3. The van der Waals surface area contributed by atoms with E-state index in [1.54, 1.807) is 33.6 Å². The third kappa shape index (κ3) is 15.5. The Hall–Kier alpha value is -7.25. The van der Waals surface area contributed by atoms with Crippen molar-refractivity contribution in [1.82, 2.24) is 9.47 Å². The van der Waals surface area contributed by atoms with Crippen LogP contribution in [0.2, 0.25) is 0 Å². The van der Waals surface area contributed by atoms with E-state index in [4.69, 9.17) is 31.2 Å². The topological polar surface area (TPSA) is 120 Å². The number of thioether (sulfide) groups is 1. The van der Waals surface area contributed by atoms with E-state index in [1.165, 1.54) is 80.4 Å². The summed E-state index contributed by atoms with van der Waals surface area (Å²) in [6, 6.07) is 51.6. The van der Waals surface area contributed by atoms with Gasteiger partial charge >= 0.3 is 5.97 Å². The molecule has 4 aromatic heterocycles. The molecule has 90 heavy (non-hydrogen) atoms. The van der Waals surface area contributed by atoms with Gasteiger partial charge in [0.2, 0.25) is 0 Å². The summed E-state index contributed by atoms with van der Waals surface area (Å²) in [4.78, 5) is 50.8. The highest BCUT2D eigenvalue weighted by molar-refractivity contribution is 8.30. The number of carboxylic acid groups (broad SMARTS) is 1. The van der Waals surface area contributed by atoms with Gasteiger partial charge in [0.1, 0.15) is 45.1 Å². The second-order valence-corrected chi connectivity index (χ2v) is 28.3. The van der Waals surface area contributed by atoms with Gasteiger partial charge in [0.15, 0.2) is 11.5 Å². The number of thiocarbonyl (C=S) groups is 1. The molecule has 1 amide bonds. The lowest BCUT2D eigenvalue weighted by Gasteiger charge is -2.26. The highest BCUT2D eigenvalue weighted by atomic mass is 32.2. The van der Waals surface area contributed by atoms with Crippen LogP contribution in [0.3, 0.4) is 0 Å². The quantitative estimate of drug-likeness (QED) is 0.0342. The Morgan fingerprint density at radius 2 is 0.978 bits per heavy atom. The number of rotatable bonds is 30. The minimum absolute atomic E-state index is 0.268. The normalized spacial score (nSPS) is 13.8. The highest BCUT2D eigenvalue weighted by Gasteiger charge is 2.34. The van der Waals surface area contributed by atoms with Crippen LogP contribution in [0, 0.1) is 0 Å². The molecule has 1 N–H and O–H groups in total. The minimum Gasteiger partial charge on any atom is -0.494 e. The summed E-state index contributed by atoms with van der Waals surface area (Å²) in [5.41, 5.74) is 7.88. The number of unbranched alkanes of at least 4 members (excludes halogenated alkanes) is 11. The smallest absolute Gasteiger partial charge is 0.323 e. The lowest BCUT2D eigenvalue weighted by Crippen LogP contribution is -2.35. The minimum atomic E-state index is -1.19. The maximum absolute atomic E-state index is 14.3. The van der Waals surface area contributed by atoms with Crippen molar-refractivity contribution in [3.05, 3.63) is 170 Å². The molecular formula is C73H75N3O8S6. The predicted octanol–water partition coefficient (Wildman–Crippen LogP) is 18.8. The molecular weight excluding hydrogens is 1240 g/mol. The zero-order valence-electron chi connectivity index (χ0n) is 51.2. The van der Waals surface area contributed by atoms with Crippen molar-refractivity contribution >= 4 is 114 Å². The molecule has 11 rings (SSSR count). The van der Waals surface area contributed by atoms with Gasteiger partial charge in [-0.05, 0) is 162 Å². The molecule has 0 spiro atoms. The van der Waals surface area contributed by atoms with Crippen molar-refractivity contribution in [3.63, 3.8) is 0 Å². The first-order valence-electron chi connectivity index (χ1n) is 31.5. The van der Waals surface area contributed by atoms with Crippen LogP contribution in [0.25, 0.3) is 63.2 Å². The van der Waals surface area contributed by atoms with Gasteiger partial charge in [0, 0.05) is 43.1 Å². The van der Waals surface area contributed by atoms with E-state index in [-0.39, 0.29) is 20.0 Å². The van der Waals surface area contributed by atoms with Crippen LogP contribution in [0.4, 0.5) is 17.1 Å². The Kier molecular flexibility index (Phi) is 22.3. The summed E-state index contributed by atoms with van der Waals surface area (Å²) >= 11 is 12.9. The van der Waals surface area contributed by atoms with E-state index in [2.05, 4.69) is 171 Å². The van der Waals surface area contributed by atoms with E-state index >= 15 is 0 Å². The van der Waals surface area contributed by atoms with Crippen LogP contribution in [-0.2, 0) is 16.1 Å². The number of hydrogen-bond acceptors (Lipinski definition) is 14. The van der Waals surface area contributed by atoms with E-state index in [0.717, 1.165) is 143 Å². The van der Waals surface area contributed by atoms with Crippen molar-refractivity contribution in [1.29, 1.82) is 0 Å². The number of carbonyl (C=O) groups excluding carboxylic acids is 1. The molecule has 17 heteroatoms. The lowest BCUT2D eigenvalue weighted by atomic mass is 10.1. The fourth-order valence-electron chi connectivity index (χ4n) is 11.0. The van der Waals surface area contributed by atoms with Gasteiger partial charge in [-0.15, -0.1) is 45.3 Å². The zero-order valence-corrected chi connectivity index (χ0v) is 56.1. The molecule has 0 bridgehead atoms. The van der Waals surface area contributed by atoms with E-state index in [0.29, 0.717) is 40.5 Å². The maximum atomic E-state index is 14.3. The fourth-order valence-corrected chi connectivity index (χ4v) is 16.8. The molecule has 0 radical (unpaired) electrons. The summed E-state index contributed by atoms with van der Waals surface area (Å²) in [6.45, 7) is 8.63. The summed E-state index contributed by atoms with van der Waals surface area (Å²) in [6.07, 6.45) is 17.5. The molecule has 0 unspecified atom stereocenters. The molecule has 6 heterocycles. The van der Waals surface area contributed by atoms with E-state index in [1.807, 2.05) is 0 Å². The van der Waals surface area contributed by atoms with Gasteiger partial charge in [-0.25, -0.2) is 0 Å². The van der Waals surface area contributed by atoms with Gasteiger partial charge in [-0.2, -0.15) is 0 Å². The third-order valence-electron chi connectivity index (χ3n) is 15.9. The van der Waals surface area contributed by atoms with Crippen LogP contribution in [0.1, 0.15) is 116 Å². The molecule has 2 aliphatic heterocycles. The van der Waals surface area contributed by atoms with Gasteiger partial charge < -0.3 is 29.0 Å². The first-order valence-corrected chi connectivity index (χ1v) is 36.0. The van der Waals surface area contributed by atoms with Crippen LogP contribution in [0.15, 0.2) is 150 Å². The SMILES string of the molecule is CCCCCCCCN1C(=O)C(=c2sc(=Cc3sc(-c4ccc(N(c5ccc(-c6ccc(-c7ccc(OCCCCCC)cc7)s6)cc5)c5ccc(-c6ccc(-c7ccc(OCCCCCC)cc7)s6)cc5)cc4)c4c3OCCO4)c(=O)n2CC(=O)O)SC1=S. The average Bonchev–Trinajstić information content (AvgIpc) is 1.81. The van der Waals surface area contributed by atoms with E-state index in [9.17, 15) is 19.5 Å². The number of benzene rings is 5. The number of aromatic nitrogens is 1. The Balaban J connectivity index is 0.878. The third-order valence-corrected chi connectivity index (χ3v) is 22.1. The molecule has 1 saturated heterocycles. The molecule has 0 aliphatic carbocycles. The Morgan fingerprint density at radius 1 is 0.544 bits per heavy atom. The number of thiophene rings is 3. The Morgan fingerprint density at radius 3 is 1.46 bits per heavy atom. The van der Waals surface area contributed by atoms with Gasteiger partial charge in [0.05, 0.1) is 27.5 Å². The number of thiazole rings is 1. The maximum Gasteiger partial charge on any atom is 0.323 e. The lowest BCUT2D eigenvalue weighted by molar-refractivity contribution is -0.137. The van der Waals surface area contributed by atoms with Crippen LogP contribution in [-0.4, -0.2) is 63.7 Å². The monoisotopic (exact) mass is 1310 g/mol. The largest absolute Gasteiger partial charge is 0.494 e. The Bertz CT molecular complexity index is 3950. The van der Waals surface area contributed by atoms with Crippen molar-refractivity contribution in [3.8, 4) is 75.2 Å². The van der Waals surface area contributed by atoms with Gasteiger partial charge in [-0.3, -0.25) is 23.9 Å². The van der Waals surface area contributed by atoms with Gasteiger partial charge in [0.25, 0.3) is 11.5 Å². The molecule has 466 valence electrons. The summed E-state index contributed by atoms with van der Waals surface area (Å²) in [5, 5.41) is 10.0. The number of fused-ring (bicyclic) bond motifs is 1. The first-order chi connectivity index (χ1) is 44.1. The average molecular weight is 1310 g/mol. The number of hydrogen-bond donors (Lipinski definition) is 1. The van der Waals surface area contributed by atoms with Crippen molar-refractivity contribution in [2.24, 2.45) is 0 Å². The molecule has 0 saturated carbocycles. The molecule has 1 fully saturated rings. The standard InChI is InChI=1S/C73H75N3O8S6/c1-4-7-10-13-14-15-42-74-71(80)69(90-73(74)85)72-75(48-65(77)78)70(79)64(89-72)47-63-66-67(84-46-45-83-66)68(88-63)53-22-32-56(33-23-53)76(54-28-18-49(19-29-54)59-38-40-61(86-59)51-24-34-57(35-25-51)81-43-16-11-8-5-2)55-30-20-50(21-31-55)60-39-41-62(87-60)52-26-36-58(37-27-52)82-44-17-12-9-6-3/h18-41,47H,4-17,42-46,48H2,1-3H3,(H,77,78). The summed E-state index contributed by atoms with van der Waals surface area (Å²) in [5.74, 6) is 1.40. The summed E-state index contributed by atoms with van der Waals surface area (Å²) < 4.78 is 26.9. The second kappa shape index (κ2) is 31.2. The Labute approximate surface area is 552 Å².